The Bertz CT molecular complexity index is 1340. The van der Waals surface area contributed by atoms with E-state index in [1.807, 2.05) is 51.1 Å². The minimum absolute atomic E-state index is 0.128. The van der Waals surface area contributed by atoms with Gasteiger partial charge in [0.2, 0.25) is 11.8 Å². The van der Waals surface area contributed by atoms with Crippen LogP contribution in [0, 0.1) is 25.7 Å². The summed E-state index contributed by atoms with van der Waals surface area (Å²) in [6.45, 7) is 7.35. The molecule has 10 nitrogen and oxygen atoms in total. The van der Waals surface area contributed by atoms with Crippen molar-refractivity contribution in [2.24, 2.45) is 11.8 Å². The third kappa shape index (κ3) is 5.09. The van der Waals surface area contributed by atoms with E-state index in [-0.39, 0.29) is 37.9 Å². The van der Waals surface area contributed by atoms with E-state index >= 15 is 0 Å². The van der Waals surface area contributed by atoms with Crippen molar-refractivity contribution in [1.82, 2.24) is 10.2 Å². The molecular weight excluding hydrogens is 606 g/mol. The highest BCUT2D eigenvalue weighted by Gasteiger charge is 2.75. The van der Waals surface area contributed by atoms with Crippen LogP contribution in [0.4, 0.5) is 5.69 Å². The lowest BCUT2D eigenvalue weighted by atomic mass is 9.74. The number of aliphatic hydroxyl groups excluding tert-OH is 1. The average molecular weight is 645 g/mol. The number of aryl methyl sites for hydroxylation is 2. The molecule has 4 aliphatic rings. The molecule has 0 radical (unpaired) electrons. The molecule has 226 valence electrons. The number of aliphatic hydroxyl groups is 1. The summed E-state index contributed by atoms with van der Waals surface area (Å²) in [7, 11) is 0. The maximum atomic E-state index is 14.9. The summed E-state index contributed by atoms with van der Waals surface area (Å²) < 4.78 is 12.8. The fraction of sp³-hybridized carbons (Fsp3) is 0.548. The van der Waals surface area contributed by atoms with E-state index in [1.54, 1.807) is 17.9 Å². The zero-order valence-electron chi connectivity index (χ0n) is 24.3. The normalized spacial score (nSPS) is 33.3. The van der Waals surface area contributed by atoms with E-state index < -0.39 is 53.6 Å². The van der Waals surface area contributed by atoms with Crippen molar-refractivity contribution in [3.63, 3.8) is 0 Å². The highest BCUT2D eigenvalue weighted by atomic mass is 79.9. The summed E-state index contributed by atoms with van der Waals surface area (Å²) in [4.78, 5) is 58.3. The van der Waals surface area contributed by atoms with Gasteiger partial charge in [-0.2, -0.15) is 0 Å². The van der Waals surface area contributed by atoms with Crippen LogP contribution in [0.3, 0.4) is 0 Å². The lowest BCUT2D eigenvalue weighted by molar-refractivity contribution is -0.159. The smallest absolute Gasteiger partial charge is 0.313 e. The third-order valence-electron chi connectivity index (χ3n) is 8.76. The van der Waals surface area contributed by atoms with Crippen molar-refractivity contribution in [3.8, 4) is 0 Å². The van der Waals surface area contributed by atoms with Gasteiger partial charge in [-0.15, -0.1) is 0 Å². The molecule has 42 heavy (non-hydrogen) atoms. The number of carbonyl (C=O) groups is 4. The van der Waals surface area contributed by atoms with E-state index in [0.29, 0.717) is 23.0 Å². The fourth-order valence-corrected chi connectivity index (χ4v) is 7.39. The molecule has 2 N–H and O–H groups in total. The summed E-state index contributed by atoms with van der Waals surface area (Å²) in [5.41, 5.74) is 1.08. The number of allylic oxidation sites excluding steroid dienone is 1. The largest absolute Gasteiger partial charge is 0.460 e. The van der Waals surface area contributed by atoms with Crippen LogP contribution in [-0.4, -0.2) is 83.3 Å². The minimum atomic E-state index is -1.44. The molecule has 11 heteroatoms. The zero-order valence-corrected chi connectivity index (χ0v) is 25.9. The van der Waals surface area contributed by atoms with Crippen LogP contribution in [0.1, 0.15) is 44.2 Å². The van der Waals surface area contributed by atoms with Crippen LogP contribution in [0.5, 0.6) is 0 Å². The molecule has 4 aliphatic heterocycles. The molecule has 3 amide bonds. The molecule has 0 saturated carbocycles. The number of likely N-dealkylation sites (tertiary alicyclic amines) is 1. The number of fused-ring (bicyclic) bond motifs is 2. The van der Waals surface area contributed by atoms with Gasteiger partial charge in [-0.1, -0.05) is 47.1 Å². The number of benzene rings is 1. The molecule has 5 bridgehead atoms. The first kappa shape index (κ1) is 30.4. The predicted molar refractivity (Wildman–Crippen MR) is 159 cm³/mol. The number of hydrogen-bond donors (Lipinski definition) is 2. The minimum Gasteiger partial charge on any atom is -0.460 e. The van der Waals surface area contributed by atoms with Gasteiger partial charge in [0.05, 0.1) is 25.1 Å². The van der Waals surface area contributed by atoms with Gasteiger partial charge in [-0.3, -0.25) is 19.2 Å². The number of hydrogen-bond acceptors (Lipinski definition) is 7. The number of halogens is 1. The van der Waals surface area contributed by atoms with Crippen molar-refractivity contribution < 1.29 is 33.8 Å². The van der Waals surface area contributed by atoms with E-state index in [0.717, 1.165) is 11.1 Å². The van der Waals surface area contributed by atoms with Crippen LogP contribution in [0.25, 0.3) is 0 Å². The SMILES string of the molecule is CC[C@@H](CO)N1C(=O)[C@H]2[C@@H]3C(=O)O[C@H](C)CNC(=O)CC/C=C\CN(c4cc(C)ccc4C)C(=O)[C@H]1[C@@]21C=C(Br)[C@@H]3O1. The molecule has 0 aromatic heterocycles. The van der Waals surface area contributed by atoms with Gasteiger partial charge in [0.25, 0.3) is 5.91 Å². The van der Waals surface area contributed by atoms with Crippen molar-refractivity contribution >= 4 is 45.3 Å². The number of nitrogens with one attached hydrogen (secondary N) is 1. The number of esters is 1. The van der Waals surface area contributed by atoms with Gasteiger partial charge in [0, 0.05) is 23.1 Å². The summed E-state index contributed by atoms with van der Waals surface area (Å²) in [5, 5.41) is 13.2. The molecule has 7 atom stereocenters. The molecule has 0 aliphatic carbocycles. The number of carbonyl (C=O) groups excluding carboxylic acids is 4. The Balaban J connectivity index is 1.67. The summed E-state index contributed by atoms with van der Waals surface area (Å²) in [6, 6.07) is 4.05. The zero-order chi connectivity index (χ0) is 30.3. The van der Waals surface area contributed by atoms with Gasteiger partial charge in [-0.05, 0) is 56.9 Å². The van der Waals surface area contributed by atoms with E-state index in [9.17, 15) is 24.3 Å². The molecule has 0 unspecified atom stereocenters. The molecule has 5 rings (SSSR count). The first-order chi connectivity index (χ1) is 20.0. The maximum absolute atomic E-state index is 14.9. The van der Waals surface area contributed by atoms with Gasteiger partial charge >= 0.3 is 5.97 Å². The Hall–Kier alpha value is -3.02. The second kappa shape index (κ2) is 11.9. The summed E-state index contributed by atoms with van der Waals surface area (Å²) in [6.07, 6.45) is 5.13. The van der Waals surface area contributed by atoms with Crippen LogP contribution >= 0.6 is 15.9 Å². The van der Waals surface area contributed by atoms with Crippen molar-refractivity contribution in [3.05, 3.63) is 52.0 Å². The van der Waals surface area contributed by atoms with Crippen molar-refractivity contribution in [1.29, 1.82) is 0 Å². The topological polar surface area (TPSA) is 125 Å². The standard InChI is InChI=1S/C31H38BrN3O7/c1-5-20(16-36)35-27-29(39)34(22-13-17(2)10-11-18(22)3)12-8-6-7-9-23(37)33-15-19(4)41-30(40)24-25(28(35)38)31(27)14-21(32)26(24)42-31/h6,8,10-11,13-14,19-20,24-27,36H,5,7,9,12,15-16H2,1-4H3,(H,33,37)/b8-6-/t19-,20+,24+,25-,26+,27+,31-/m1/s1. The first-order valence-corrected chi connectivity index (χ1v) is 15.3. The van der Waals surface area contributed by atoms with E-state index in [2.05, 4.69) is 21.2 Å². The maximum Gasteiger partial charge on any atom is 0.313 e. The number of rotatable bonds is 4. The van der Waals surface area contributed by atoms with Gasteiger partial charge in [-0.25, -0.2) is 0 Å². The van der Waals surface area contributed by atoms with Crippen molar-refractivity contribution in [2.75, 3.05) is 24.6 Å². The first-order valence-electron chi connectivity index (χ1n) is 14.5. The summed E-state index contributed by atoms with van der Waals surface area (Å²) >= 11 is 3.55. The van der Waals surface area contributed by atoms with Crippen LogP contribution in [0.2, 0.25) is 0 Å². The highest BCUT2D eigenvalue weighted by Crippen LogP contribution is 2.59. The van der Waals surface area contributed by atoms with Gasteiger partial charge in [0.15, 0.2) is 0 Å². The molecule has 2 fully saturated rings. The van der Waals surface area contributed by atoms with Crippen LogP contribution in [-0.2, 0) is 28.7 Å². The quantitative estimate of drug-likeness (QED) is 0.382. The number of ether oxygens (including phenoxy) is 2. The number of amides is 3. The second-order valence-electron chi connectivity index (χ2n) is 11.6. The lowest BCUT2D eigenvalue weighted by Gasteiger charge is -2.38. The number of nitrogens with zero attached hydrogens (tertiary/aromatic N) is 2. The third-order valence-corrected chi connectivity index (χ3v) is 9.44. The Labute approximate surface area is 254 Å². The molecular formula is C31H38BrN3O7. The predicted octanol–water partition coefficient (Wildman–Crippen LogP) is 2.68. The second-order valence-corrected chi connectivity index (χ2v) is 12.5. The van der Waals surface area contributed by atoms with Crippen molar-refractivity contribution in [2.45, 2.75) is 76.9 Å². The fourth-order valence-electron chi connectivity index (χ4n) is 6.65. The molecule has 2 saturated heterocycles. The summed E-state index contributed by atoms with van der Waals surface area (Å²) in [5.74, 6) is -3.63. The lowest BCUT2D eigenvalue weighted by Crippen LogP contribution is -2.58. The van der Waals surface area contributed by atoms with Crippen LogP contribution < -0.4 is 10.2 Å². The Morgan fingerprint density at radius 2 is 1.93 bits per heavy atom. The molecule has 1 aromatic rings. The Kier molecular flexibility index (Phi) is 8.65. The van der Waals surface area contributed by atoms with Gasteiger partial charge in [0.1, 0.15) is 29.8 Å². The molecule has 1 spiro atoms. The highest BCUT2D eigenvalue weighted by molar-refractivity contribution is 9.11. The number of cyclic esters (lactones) is 1. The van der Waals surface area contributed by atoms with Gasteiger partial charge < -0.3 is 29.7 Å². The Morgan fingerprint density at radius 1 is 1.17 bits per heavy atom. The molecule has 4 heterocycles. The monoisotopic (exact) mass is 643 g/mol. The van der Waals surface area contributed by atoms with E-state index in [4.69, 9.17) is 9.47 Å². The van der Waals surface area contributed by atoms with E-state index in [1.165, 1.54) is 4.90 Å². The number of anilines is 1. The van der Waals surface area contributed by atoms with Crippen LogP contribution in [0.15, 0.2) is 40.9 Å². The Morgan fingerprint density at radius 3 is 2.64 bits per heavy atom. The molecule has 1 aromatic carbocycles. The average Bonchev–Trinajstić information content (AvgIpc) is 3.54.